The van der Waals surface area contributed by atoms with Crippen LogP contribution in [0.3, 0.4) is 0 Å². The molecule has 0 radical (unpaired) electrons. The van der Waals surface area contributed by atoms with E-state index in [9.17, 15) is 0 Å². The molecule has 0 rings (SSSR count). The fourth-order valence-corrected chi connectivity index (χ4v) is 0.111. The molecule has 0 fully saturated rings. The first-order chi connectivity index (χ1) is 2.41. The standard InChI is InChI=1S/C5H7.K/c1-3-5-4-2;/h1,3-5H,2H3;/q-1;+1. The Bertz CT molecular complexity index is 45.9. The van der Waals surface area contributed by atoms with Gasteiger partial charge < -0.3 is 0 Å². The number of allylic oxidation sites excluding steroid dienone is 3. The molecule has 0 saturated heterocycles. The molecule has 0 bridgehead atoms. The van der Waals surface area contributed by atoms with Crippen LogP contribution in [0.5, 0.6) is 0 Å². The Balaban J connectivity index is 0. The van der Waals surface area contributed by atoms with Crippen molar-refractivity contribution in [3.8, 4) is 0 Å². The number of rotatable bonds is 1. The van der Waals surface area contributed by atoms with E-state index in [-0.39, 0.29) is 51.4 Å². The monoisotopic (exact) mass is 106 g/mol. The minimum atomic E-state index is 0. The smallest absolute Gasteiger partial charge is 0.293 e. The van der Waals surface area contributed by atoms with Crippen LogP contribution in [0, 0.1) is 6.58 Å². The summed E-state index contributed by atoms with van der Waals surface area (Å²) in [5.41, 5.74) is 0. The normalized spacial score (nSPS) is 7.50. The first-order valence-electron chi connectivity index (χ1n) is 1.58. The summed E-state index contributed by atoms with van der Waals surface area (Å²) in [5, 5.41) is 0. The second kappa shape index (κ2) is 9.45. The van der Waals surface area contributed by atoms with Crippen LogP contribution in [-0.4, -0.2) is 0 Å². The molecule has 1 heteroatoms. The summed E-state index contributed by atoms with van der Waals surface area (Å²) in [7, 11) is 0. The summed E-state index contributed by atoms with van der Waals surface area (Å²) < 4.78 is 0. The SMILES string of the molecule is [CH-]=CC=CC.[K+]. The Kier molecular flexibility index (Phi) is 16.0. The summed E-state index contributed by atoms with van der Waals surface area (Å²) in [4.78, 5) is 0. The molecule has 0 spiro atoms. The van der Waals surface area contributed by atoms with Crippen LogP contribution in [0.25, 0.3) is 0 Å². The number of hydrogen-bond acceptors (Lipinski definition) is 0. The molecule has 0 aliphatic carbocycles. The van der Waals surface area contributed by atoms with E-state index in [1.807, 2.05) is 13.0 Å². The summed E-state index contributed by atoms with van der Waals surface area (Å²) >= 11 is 0. The molecule has 0 aromatic carbocycles. The van der Waals surface area contributed by atoms with Crippen molar-refractivity contribution >= 4 is 0 Å². The molecular weight excluding hydrogens is 99.2 g/mol. The minimum absolute atomic E-state index is 0. The Labute approximate surface area is 81.7 Å². The Morgan fingerprint density at radius 2 is 2.00 bits per heavy atom. The maximum absolute atomic E-state index is 4.93. The van der Waals surface area contributed by atoms with Gasteiger partial charge in [-0.05, 0) is 0 Å². The second-order valence-electron chi connectivity index (χ2n) is 0.718. The van der Waals surface area contributed by atoms with Crippen LogP contribution < -0.4 is 51.4 Å². The molecular formula is C5H7K. The van der Waals surface area contributed by atoms with Crippen LogP contribution in [-0.2, 0) is 0 Å². The Hall–Kier alpha value is 1.12. The first-order valence-corrected chi connectivity index (χ1v) is 1.58. The molecule has 0 heterocycles. The fourth-order valence-electron chi connectivity index (χ4n) is 0.111. The van der Waals surface area contributed by atoms with Crippen molar-refractivity contribution in [3.05, 3.63) is 24.8 Å². The van der Waals surface area contributed by atoms with E-state index in [4.69, 9.17) is 6.58 Å². The van der Waals surface area contributed by atoms with Gasteiger partial charge in [-0.1, -0.05) is 6.92 Å². The average molecular weight is 106 g/mol. The van der Waals surface area contributed by atoms with Gasteiger partial charge in [-0.25, -0.2) is 12.2 Å². The van der Waals surface area contributed by atoms with Gasteiger partial charge in [-0.2, -0.15) is 6.08 Å². The van der Waals surface area contributed by atoms with Gasteiger partial charge in [0.1, 0.15) is 0 Å². The molecule has 0 aliphatic heterocycles. The van der Waals surface area contributed by atoms with Crippen molar-refractivity contribution in [2.45, 2.75) is 6.92 Å². The topological polar surface area (TPSA) is 0 Å². The summed E-state index contributed by atoms with van der Waals surface area (Å²) in [6.45, 7) is 6.85. The van der Waals surface area contributed by atoms with E-state index >= 15 is 0 Å². The largest absolute Gasteiger partial charge is 1.00 e. The maximum atomic E-state index is 4.93. The predicted octanol–water partition coefficient (Wildman–Crippen LogP) is -1.44. The fraction of sp³-hybridized carbons (Fsp3) is 0.200. The molecule has 0 N–H and O–H groups in total. The average Bonchev–Trinajstić information content (AvgIpc) is 1.41. The van der Waals surface area contributed by atoms with Crippen molar-refractivity contribution < 1.29 is 51.4 Å². The van der Waals surface area contributed by atoms with Gasteiger partial charge >= 0.3 is 51.4 Å². The zero-order valence-corrected chi connectivity index (χ0v) is 7.43. The van der Waals surface area contributed by atoms with E-state index in [0.717, 1.165) is 0 Å². The zero-order valence-electron chi connectivity index (χ0n) is 4.31. The van der Waals surface area contributed by atoms with E-state index in [0.29, 0.717) is 0 Å². The summed E-state index contributed by atoms with van der Waals surface area (Å²) in [5.74, 6) is 0. The maximum Gasteiger partial charge on any atom is 1.00 e. The Morgan fingerprint density at radius 3 is 2.00 bits per heavy atom. The molecule has 28 valence electrons. The van der Waals surface area contributed by atoms with Gasteiger partial charge in [0.15, 0.2) is 0 Å². The predicted molar refractivity (Wildman–Crippen MR) is 23.7 cm³/mol. The molecule has 6 heavy (non-hydrogen) atoms. The van der Waals surface area contributed by atoms with Crippen LogP contribution in [0.2, 0.25) is 0 Å². The van der Waals surface area contributed by atoms with Gasteiger partial charge in [-0.15, -0.1) is 0 Å². The molecule has 0 aromatic rings. The van der Waals surface area contributed by atoms with Crippen LogP contribution in [0.15, 0.2) is 18.2 Å². The quantitative estimate of drug-likeness (QED) is 0.218. The van der Waals surface area contributed by atoms with Gasteiger partial charge in [0.05, 0.1) is 0 Å². The molecule has 0 atom stereocenters. The first kappa shape index (κ1) is 10.2. The molecule has 0 saturated carbocycles. The molecule has 0 amide bonds. The van der Waals surface area contributed by atoms with E-state index < -0.39 is 0 Å². The van der Waals surface area contributed by atoms with Gasteiger partial charge in [0.2, 0.25) is 0 Å². The molecule has 0 nitrogen and oxygen atoms in total. The molecule has 0 unspecified atom stereocenters. The van der Waals surface area contributed by atoms with E-state index in [1.54, 1.807) is 6.08 Å². The van der Waals surface area contributed by atoms with Crippen LogP contribution in [0.4, 0.5) is 0 Å². The van der Waals surface area contributed by atoms with Crippen LogP contribution in [0.1, 0.15) is 6.92 Å². The Morgan fingerprint density at radius 1 is 1.50 bits per heavy atom. The summed E-state index contributed by atoms with van der Waals surface area (Å²) in [6.07, 6.45) is 5.15. The summed E-state index contributed by atoms with van der Waals surface area (Å²) in [6, 6.07) is 0. The molecule has 0 aliphatic rings. The van der Waals surface area contributed by atoms with Crippen molar-refractivity contribution in [2.75, 3.05) is 0 Å². The minimum Gasteiger partial charge on any atom is -0.293 e. The van der Waals surface area contributed by atoms with Crippen molar-refractivity contribution in [2.24, 2.45) is 0 Å². The van der Waals surface area contributed by atoms with Gasteiger partial charge in [-0.3, -0.25) is 6.58 Å². The second-order valence-corrected chi connectivity index (χ2v) is 0.718. The third-order valence-electron chi connectivity index (χ3n) is 0.304. The van der Waals surface area contributed by atoms with Crippen molar-refractivity contribution in [1.82, 2.24) is 0 Å². The van der Waals surface area contributed by atoms with Gasteiger partial charge in [0, 0.05) is 0 Å². The number of hydrogen-bond donors (Lipinski definition) is 0. The van der Waals surface area contributed by atoms with E-state index in [2.05, 4.69) is 0 Å². The van der Waals surface area contributed by atoms with Crippen molar-refractivity contribution in [1.29, 1.82) is 0 Å². The zero-order chi connectivity index (χ0) is 4.12. The van der Waals surface area contributed by atoms with Gasteiger partial charge in [0.25, 0.3) is 0 Å². The third-order valence-corrected chi connectivity index (χ3v) is 0.304. The molecule has 0 aromatic heterocycles. The van der Waals surface area contributed by atoms with Crippen LogP contribution >= 0.6 is 0 Å². The van der Waals surface area contributed by atoms with E-state index in [1.165, 1.54) is 6.08 Å². The van der Waals surface area contributed by atoms with Crippen molar-refractivity contribution in [3.63, 3.8) is 0 Å². The third kappa shape index (κ3) is 8.93.